The van der Waals surface area contributed by atoms with Gasteiger partial charge in [-0.2, -0.15) is 0 Å². The van der Waals surface area contributed by atoms with Crippen LogP contribution in [0.1, 0.15) is 33.3 Å². The fourth-order valence-electron chi connectivity index (χ4n) is 2.14. The molecule has 0 aromatic heterocycles. The molecule has 8 heteroatoms. The number of methoxy groups -OCH3 is 1. The van der Waals surface area contributed by atoms with Gasteiger partial charge in [0.2, 0.25) is 0 Å². The molecule has 1 atom stereocenters. The summed E-state index contributed by atoms with van der Waals surface area (Å²) >= 11 is 1.93. The molecule has 0 aliphatic heterocycles. The molecule has 0 heterocycles. The average Bonchev–Trinajstić information content (AvgIpc) is 2.58. The first-order valence-electron chi connectivity index (χ1n) is 8.34. The lowest BCUT2D eigenvalue weighted by Gasteiger charge is -2.25. The van der Waals surface area contributed by atoms with E-state index in [1.165, 1.54) is 13.2 Å². The topological polar surface area (TPSA) is 88.4 Å². The van der Waals surface area contributed by atoms with Crippen molar-refractivity contribution in [3.63, 3.8) is 0 Å². The highest BCUT2D eigenvalue weighted by Crippen LogP contribution is 2.29. The molecule has 0 saturated carbocycles. The van der Waals surface area contributed by atoms with Crippen LogP contribution >= 0.6 is 22.6 Å². The molecule has 0 amide bonds. The van der Waals surface area contributed by atoms with Gasteiger partial charge in [0.25, 0.3) is 0 Å². The van der Waals surface area contributed by atoms with Gasteiger partial charge < -0.3 is 19.7 Å². The van der Waals surface area contributed by atoms with Gasteiger partial charge in [-0.3, -0.25) is 4.99 Å². The molecule has 6 nitrogen and oxygen atoms in total. The molecular formula is C19H25FINO5. The summed E-state index contributed by atoms with van der Waals surface area (Å²) in [6.07, 6.45) is 1.12. The van der Waals surface area contributed by atoms with Crippen LogP contribution < -0.4 is 4.74 Å². The Balaban J connectivity index is 3.50. The number of carbonyl (C=O) groups excluding carboxylic acids is 1. The Kier molecular flexibility index (Phi) is 8.67. The summed E-state index contributed by atoms with van der Waals surface area (Å²) in [5.41, 5.74) is -0.841. The van der Waals surface area contributed by atoms with Gasteiger partial charge in [-0.25, -0.2) is 9.18 Å². The van der Waals surface area contributed by atoms with Crippen LogP contribution in [0.5, 0.6) is 5.75 Å². The maximum atomic E-state index is 14.4. The summed E-state index contributed by atoms with van der Waals surface area (Å²) < 4.78 is 25.0. The summed E-state index contributed by atoms with van der Waals surface area (Å²) in [7, 11) is 1.41. The highest BCUT2D eigenvalue weighted by Gasteiger charge is 2.25. The molecule has 27 heavy (non-hydrogen) atoms. The van der Waals surface area contributed by atoms with E-state index in [-0.39, 0.29) is 29.8 Å². The number of aliphatic hydroxyl groups excluding tert-OH is 2. The van der Waals surface area contributed by atoms with Gasteiger partial charge >= 0.3 is 5.97 Å². The number of aliphatic hydroxyl groups is 2. The van der Waals surface area contributed by atoms with Crippen LogP contribution in [0, 0.1) is 14.8 Å². The van der Waals surface area contributed by atoms with E-state index >= 15 is 0 Å². The highest BCUT2D eigenvalue weighted by molar-refractivity contribution is 14.1. The Morgan fingerprint density at radius 2 is 2.04 bits per heavy atom. The molecular weight excluding hydrogens is 468 g/mol. The van der Waals surface area contributed by atoms with Crippen LogP contribution in [-0.4, -0.2) is 48.8 Å². The third kappa shape index (κ3) is 6.17. The number of hydrogen-bond acceptors (Lipinski definition) is 6. The van der Waals surface area contributed by atoms with Gasteiger partial charge in [-0.15, -0.1) is 0 Å². The Morgan fingerprint density at radius 3 is 2.52 bits per heavy atom. The maximum absolute atomic E-state index is 14.4. The third-order valence-corrected chi connectivity index (χ3v) is 4.65. The summed E-state index contributed by atoms with van der Waals surface area (Å²) in [6.45, 7) is 7.09. The van der Waals surface area contributed by atoms with Gasteiger partial charge in [0.15, 0.2) is 0 Å². The van der Waals surface area contributed by atoms with Crippen molar-refractivity contribution in [2.75, 3.05) is 20.3 Å². The van der Waals surface area contributed by atoms with Crippen molar-refractivity contribution in [3.05, 3.63) is 32.7 Å². The van der Waals surface area contributed by atoms with Gasteiger partial charge in [0.05, 0.1) is 35.5 Å². The Bertz CT molecular complexity index is 740. The fraction of sp³-hybridized carbons (Fsp3) is 0.474. The van der Waals surface area contributed by atoms with E-state index in [1.807, 2.05) is 43.4 Å². The number of ether oxygens (including phenoxy) is 2. The SMILES string of the molecule is CCOC(=O)/C(C=N[C@H](CO)C(C)(C)C)=C(\O)c1cc(I)c(OC)cc1F. The van der Waals surface area contributed by atoms with Crippen molar-refractivity contribution in [1.29, 1.82) is 0 Å². The zero-order valence-electron chi connectivity index (χ0n) is 16.0. The Morgan fingerprint density at radius 1 is 1.41 bits per heavy atom. The minimum absolute atomic E-state index is 0.0782. The lowest BCUT2D eigenvalue weighted by atomic mass is 9.88. The first-order valence-corrected chi connectivity index (χ1v) is 9.42. The second kappa shape index (κ2) is 10.0. The van der Waals surface area contributed by atoms with Gasteiger partial charge in [-0.05, 0) is 41.0 Å². The molecule has 0 aliphatic carbocycles. The van der Waals surface area contributed by atoms with Gasteiger partial charge in [0.1, 0.15) is 22.9 Å². The van der Waals surface area contributed by atoms with E-state index in [2.05, 4.69) is 4.99 Å². The molecule has 1 rings (SSSR count). The van der Waals surface area contributed by atoms with Crippen molar-refractivity contribution >= 4 is 40.5 Å². The molecule has 0 radical (unpaired) electrons. The highest BCUT2D eigenvalue weighted by atomic mass is 127. The number of halogens is 2. The lowest BCUT2D eigenvalue weighted by Crippen LogP contribution is -2.28. The minimum Gasteiger partial charge on any atom is -0.506 e. The van der Waals surface area contributed by atoms with Crippen molar-refractivity contribution in [2.45, 2.75) is 33.7 Å². The van der Waals surface area contributed by atoms with Crippen LogP contribution in [0.2, 0.25) is 0 Å². The van der Waals surface area contributed by atoms with E-state index in [0.29, 0.717) is 9.32 Å². The van der Waals surface area contributed by atoms with Crippen molar-refractivity contribution in [1.82, 2.24) is 0 Å². The number of carbonyl (C=O) groups is 1. The summed E-state index contributed by atoms with van der Waals surface area (Å²) in [5, 5.41) is 20.1. The van der Waals surface area contributed by atoms with Gasteiger partial charge in [-0.1, -0.05) is 20.8 Å². The molecule has 1 aromatic carbocycles. The number of esters is 1. The lowest BCUT2D eigenvalue weighted by molar-refractivity contribution is -0.137. The zero-order chi connectivity index (χ0) is 20.8. The monoisotopic (exact) mass is 493 g/mol. The first kappa shape index (κ1) is 23.4. The first-order chi connectivity index (χ1) is 12.6. The molecule has 1 aromatic rings. The van der Waals surface area contributed by atoms with E-state index in [9.17, 15) is 19.4 Å². The summed E-state index contributed by atoms with van der Waals surface area (Å²) in [6, 6.07) is 1.97. The number of rotatable bonds is 7. The van der Waals surface area contributed by atoms with Crippen molar-refractivity contribution < 1.29 is 28.9 Å². The van der Waals surface area contributed by atoms with Crippen LogP contribution in [0.3, 0.4) is 0 Å². The van der Waals surface area contributed by atoms with E-state index < -0.39 is 23.6 Å². The second-order valence-corrected chi connectivity index (χ2v) is 7.95. The predicted molar refractivity (Wildman–Crippen MR) is 111 cm³/mol. The van der Waals surface area contributed by atoms with E-state index in [4.69, 9.17) is 9.47 Å². The smallest absolute Gasteiger partial charge is 0.343 e. The zero-order valence-corrected chi connectivity index (χ0v) is 18.2. The number of benzene rings is 1. The standard InChI is InChI=1S/C19H25FINO5/c1-6-27-18(25)12(9-22-16(10-23)19(2,3)4)17(24)11-7-14(21)15(26-5)8-13(11)20/h7-9,16,23-24H,6,10H2,1-5H3/b17-12-,22-9?/t16-/m1/s1. The normalized spacial score (nSPS) is 14.1. The van der Waals surface area contributed by atoms with Gasteiger partial charge in [0, 0.05) is 12.3 Å². The number of hydrogen-bond donors (Lipinski definition) is 2. The van der Waals surface area contributed by atoms with Crippen molar-refractivity contribution in [3.8, 4) is 5.75 Å². The second-order valence-electron chi connectivity index (χ2n) is 6.79. The quantitative estimate of drug-likeness (QED) is 0.199. The molecule has 150 valence electrons. The largest absolute Gasteiger partial charge is 0.506 e. The van der Waals surface area contributed by atoms with Crippen molar-refractivity contribution in [2.24, 2.45) is 10.4 Å². The van der Waals surface area contributed by atoms with Crippen LogP contribution in [-0.2, 0) is 9.53 Å². The van der Waals surface area contributed by atoms with Crippen LogP contribution in [0.15, 0.2) is 22.7 Å². The van der Waals surface area contributed by atoms with Crippen LogP contribution in [0.25, 0.3) is 5.76 Å². The molecule has 0 fully saturated rings. The molecule has 0 spiro atoms. The Hall–Kier alpha value is -1.68. The third-order valence-electron chi connectivity index (χ3n) is 3.80. The molecule has 0 bridgehead atoms. The summed E-state index contributed by atoms with van der Waals surface area (Å²) in [4.78, 5) is 16.5. The number of nitrogens with zero attached hydrogens (tertiary/aromatic N) is 1. The van der Waals surface area contributed by atoms with E-state index in [0.717, 1.165) is 12.3 Å². The van der Waals surface area contributed by atoms with Crippen LogP contribution in [0.4, 0.5) is 4.39 Å². The Labute approximate surface area is 172 Å². The number of aliphatic imine (C=N–C) groups is 1. The molecule has 0 unspecified atom stereocenters. The molecule has 2 N–H and O–H groups in total. The minimum atomic E-state index is -0.838. The predicted octanol–water partition coefficient (Wildman–Crippen LogP) is 3.75. The molecule has 0 aliphatic rings. The fourth-order valence-corrected chi connectivity index (χ4v) is 2.83. The summed E-state index contributed by atoms with van der Waals surface area (Å²) in [5.74, 6) is -1.88. The molecule has 0 saturated heterocycles. The average molecular weight is 493 g/mol. The van der Waals surface area contributed by atoms with E-state index in [1.54, 1.807) is 6.92 Å². The maximum Gasteiger partial charge on any atom is 0.343 e.